The maximum Gasteiger partial charge on any atom is 0.183 e. The lowest BCUT2D eigenvalue weighted by Gasteiger charge is -2.39. The normalized spacial score (nSPS) is 26.1. The van der Waals surface area contributed by atoms with Crippen LogP contribution < -0.4 is 4.90 Å². The van der Waals surface area contributed by atoms with Gasteiger partial charge < -0.3 is 4.90 Å². The summed E-state index contributed by atoms with van der Waals surface area (Å²) in [6.07, 6.45) is 5.66. The third-order valence-corrected chi connectivity index (χ3v) is 4.49. The Morgan fingerprint density at radius 3 is 2.68 bits per heavy atom. The SMILES string of the molecule is N#Cc1ccc(N2CCCC3CCCC32)c(F)c1F. The summed E-state index contributed by atoms with van der Waals surface area (Å²) in [4.78, 5) is 2.01. The fourth-order valence-electron chi connectivity index (χ4n) is 3.60. The third-order valence-electron chi connectivity index (χ3n) is 4.49. The fraction of sp³-hybridized carbons (Fsp3) is 0.533. The summed E-state index contributed by atoms with van der Waals surface area (Å²) in [5.74, 6) is -1.27. The summed E-state index contributed by atoms with van der Waals surface area (Å²) in [6.45, 7) is 0.781. The Bertz CT molecular complexity index is 536. The predicted octanol–water partition coefficient (Wildman–Crippen LogP) is 3.61. The Balaban J connectivity index is 1.98. The number of fused-ring (bicyclic) bond motifs is 1. The van der Waals surface area contributed by atoms with Crippen LogP contribution in [0.2, 0.25) is 0 Å². The number of benzene rings is 1. The Morgan fingerprint density at radius 1 is 1.11 bits per heavy atom. The molecule has 1 aromatic carbocycles. The van der Waals surface area contributed by atoms with Crippen molar-refractivity contribution in [3.8, 4) is 6.07 Å². The van der Waals surface area contributed by atoms with E-state index in [1.54, 1.807) is 12.1 Å². The van der Waals surface area contributed by atoms with E-state index in [4.69, 9.17) is 5.26 Å². The molecule has 1 aliphatic carbocycles. The maximum atomic E-state index is 14.1. The van der Waals surface area contributed by atoms with E-state index in [0.717, 1.165) is 19.4 Å². The summed E-state index contributed by atoms with van der Waals surface area (Å²) in [5.41, 5.74) is 0.106. The van der Waals surface area contributed by atoms with Gasteiger partial charge in [-0.25, -0.2) is 8.78 Å². The molecule has 0 amide bonds. The molecule has 1 saturated heterocycles. The number of piperidine rings is 1. The van der Waals surface area contributed by atoms with Crippen LogP contribution in [0.5, 0.6) is 0 Å². The van der Waals surface area contributed by atoms with Crippen LogP contribution in [-0.2, 0) is 0 Å². The summed E-state index contributed by atoms with van der Waals surface area (Å²) in [6, 6.07) is 4.96. The van der Waals surface area contributed by atoms with E-state index < -0.39 is 11.6 Å². The molecule has 2 atom stereocenters. The standard InChI is InChI=1S/C15H16F2N2/c16-14-11(9-18)6-7-13(15(14)17)19-8-2-4-10-3-1-5-12(10)19/h6-7,10,12H,1-5,8H2. The minimum atomic E-state index is -1.01. The quantitative estimate of drug-likeness (QED) is 0.773. The molecule has 3 rings (SSSR count). The molecule has 2 aliphatic rings. The Hall–Kier alpha value is -1.63. The van der Waals surface area contributed by atoms with Crippen molar-refractivity contribution < 1.29 is 8.78 Å². The van der Waals surface area contributed by atoms with Gasteiger partial charge >= 0.3 is 0 Å². The van der Waals surface area contributed by atoms with Gasteiger partial charge in [0, 0.05) is 12.6 Å². The maximum absolute atomic E-state index is 14.1. The van der Waals surface area contributed by atoms with Gasteiger partial charge in [0.25, 0.3) is 0 Å². The number of anilines is 1. The molecule has 2 unspecified atom stereocenters. The molecule has 2 fully saturated rings. The lowest BCUT2D eigenvalue weighted by atomic mass is 9.91. The lowest BCUT2D eigenvalue weighted by molar-refractivity contribution is 0.357. The number of nitrogens with zero attached hydrogens (tertiary/aromatic N) is 2. The van der Waals surface area contributed by atoms with Gasteiger partial charge in [0.2, 0.25) is 0 Å². The molecule has 0 spiro atoms. The summed E-state index contributed by atoms with van der Waals surface area (Å²) >= 11 is 0. The molecule has 0 aromatic heterocycles. The topological polar surface area (TPSA) is 27.0 Å². The van der Waals surface area contributed by atoms with Crippen molar-refractivity contribution in [2.24, 2.45) is 5.92 Å². The molecular formula is C15H16F2N2. The van der Waals surface area contributed by atoms with Crippen molar-refractivity contribution in [2.75, 3.05) is 11.4 Å². The van der Waals surface area contributed by atoms with Crippen LogP contribution in [0.1, 0.15) is 37.7 Å². The van der Waals surface area contributed by atoms with Crippen LogP contribution in [0.15, 0.2) is 12.1 Å². The number of nitriles is 1. The molecule has 1 aliphatic heterocycles. The van der Waals surface area contributed by atoms with Gasteiger partial charge in [-0.1, -0.05) is 6.42 Å². The van der Waals surface area contributed by atoms with Crippen molar-refractivity contribution >= 4 is 5.69 Å². The monoisotopic (exact) mass is 262 g/mol. The molecule has 1 heterocycles. The molecule has 1 aromatic rings. The Kier molecular flexibility index (Phi) is 3.14. The Labute approximate surface area is 111 Å². The Morgan fingerprint density at radius 2 is 1.89 bits per heavy atom. The first-order chi connectivity index (χ1) is 9.22. The number of halogens is 2. The van der Waals surface area contributed by atoms with Gasteiger partial charge in [0.15, 0.2) is 11.6 Å². The molecule has 19 heavy (non-hydrogen) atoms. The van der Waals surface area contributed by atoms with Crippen molar-refractivity contribution in [3.63, 3.8) is 0 Å². The zero-order valence-electron chi connectivity index (χ0n) is 10.7. The zero-order valence-corrected chi connectivity index (χ0v) is 10.7. The average Bonchev–Trinajstić information content (AvgIpc) is 2.90. The average molecular weight is 262 g/mol. The van der Waals surface area contributed by atoms with Crippen molar-refractivity contribution in [1.29, 1.82) is 5.26 Å². The highest BCUT2D eigenvalue weighted by Gasteiger charge is 2.36. The minimum absolute atomic E-state index is 0.221. The number of rotatable bonds is 1. The van der Waals surface area contributed by atoms with Gasteiger partial charge in [-0.15, -0.1) is 0 Å². The van der Waals surface area contributed by atoms with E-state index >= 15 is 0 Å². The van der Waals surface area contributed by atoms with Crippen molar-refractivity contribution in [1.82, 2.24) is 0 Å². The fourth-order valence-corrected chi connectivity index (χ4v) is 3.60. The van der Waals surface area contributed by atoms with E-state index in [1.165, 1.54) is 25.3 Å². The predicted molar refractivity (Wildman–Crippen MR) is 68.8 cm³/mol. The lowest BCUT2D eigenvalue weighted by Crippen LogP contribution is -2.43. The van der Waals surface area contributed by atoms with Crippen molar-refractivity contribution in [2.45, 2.75) is 38.1 Å². The summed E-state index contributed by atoms with van der Waals surface area (Å²) in [7, 11) is 0. The zero-order chi connectivity index (χ0) is 13.4. The van der Waals surface area contributed by atoms with Crippen LogP contribution in [0, 0.1) is 28.9 Å². The smallest absolute Gasteiger partial charge is 0.183 e. The highest BCUT2D eigenvalue weighted by Crippen LogP contribution is 2.40. The van der Waals surface area contributed by atoms with Gasteiger partial charge in [0.1, 0.15) is 6.07 Å². The second-order valence-electron chi connectivity index (χ2n) is 5.47. The molecule has 100 valence electrons. The van der Waals surface area contributed by atoms with Crippen LogP contribution in [-0.4, -0.2) is 12.6 Å². The highest BCUT2D eigenvalue weighted by atomic mass is 19.2. The first-order valence-electron chi connectivity index (χ1n) is 6.87. The van der Waals surface area contributed by atoms with E-state index in [0.29, 0.717) is 17.6 Å². The molecule has 4 heteroatoms. The van der Waals surface area contributed by atoms with Crippen molar-refractivity contribution in [3.05, 3.63) is 29.3 Å². The summed E-state index contributed by atoms with van der Waals surface area (Å²) < 4.78 is 27.9. The molecule has 0 N–H and O–H groups in total. The second-order valence-corrected chi connectivity index (χ2v) is 5.47. The van der Waals surface area contributed by atoms with Gasteiger partial charge in [0.05, 0.1) is 11.3 Å². The molecule has 1 saturated carbocycles. The largest absolute Gasteiger partial charge is 0.366 e. The molecule has 0 radical (unpaired) electrons. The number of hydrogen-bond acceptors (Lipinski definition) is 2. The van der Waals surface area contributed by atoms with E-state index in [2.05, 4.69) is 0 Å². The van der Waals surface area contributed by atoms with Crippen LogP contribution in [0.25, 0.3) is 0 Å². The first-order valence-corrected chi connectivity index (χ1v) is 6.87. The third kappa shape index (κ3) is 1.98. The van der Waals surface area contributed by atoms with Crippen LogP contribution >= 0.6 is 0 Å². The second kappa shape index (κ2) is 4.80. The highest BCUT2D eigenvalue weighted by molar-refractivity contribution is 5.53. The number of hydrogen-bond donors (Lipinski definition) is 0. The minimum Gasteiger partial charge on any atom is -0.366 e. The van der Waals surface area contributed by atoms with Gasteiger partial charge in [-0.2, -0.15) is 5.26 Å². The van der Waals surface area contributed by atoms with Gasteiger partial charge in [-0.05, 0) is 43.7 Å². The van der Waals surface area contributed by atoms with E-state index in [1.807, 2.05) is 4.90 Å². The van der Waals surface area contributed by atoms with Crippen LogP contribution in [0.4, 0.5) is 14.5 Å². The molecule has 0 bridgehead atoms. The van der Waals surface area contributed by atoms with Gasteiger partial charge in [-0.3, -0.25) is 0 Å². The molecular weight excluding hydrogens is 246 g/mol. The van der Waals surface area contributed by atoms with Crippen LogP contribution in [0.3, 0.4) is 0 Å². The first kappa shape index (κ1) is 12.4. The molecule has 2 nitrogen and oxygen atoms in total. The summed E-state index contributed by atoms with van der Waals surface area (Å²) in [5, 5.41) is 8.72. The van der Waals surface area contributed by atoms with E-state index in [-0.39, 0.29) is 5.56 Å². The van der Waals surface area contributed by atoms with E-state index in [9.17, 15) is 8.78 Å².